The topological polar surface area (TPSA) is 121 Å². The maximum Gasteiger partial charge on any atom is 0.112 e. The lowest BCUT2D eigenvalue weighted by Gasteiger charge is -2.26. The molecule has 0 aliphatic rings. The van der Waals surface area contributed by atoms with Crippen LogP contribution in [-0.2, 0) is 0 Å². The zero-order valence-corrected chi connectivity index (χ0v) is 8.01. The molecule has 13 heavy (non-hydrogen) atoms. The van der Waals surface area contributed by atoms with E-state index in [4.69, 9.17) is 30.6 Å². The average molecular weight is 214 g/mol. The van der Waals surface area contributed by atoms with E-state index in [1.807, 2.05) is 9.24 Å². The summed E-state index contributed by atoms with van der Waals surface area (Å²) in [5.41, 5.74) is 0. The number of hydrogen-bond donors (Lipinski definition) is 6. The molecule has 0 aromatic rings. The maximum atomic E-state index is 9.11. The first-order chi connectivity index (χ1) is 5.91. The number of aliphatic hydroxyl groups is 6. The normalized spacial score (nSPS) is 23.3. The first-order valence-corrected chi connectivity index (χ1v) is 4.35. The van der Waals surface area contributed by atoms with Crippen LogP contribution in [0.3, 0.4) is 0 Å². The lowest BCUT2D eigenvalue weighted by Crippen LogP contribution is -2.48. The monoisotopic (exact) mass is 214 g/mol. The third-order valence-corrected chi connectivity index (χ3v) is 2.03. The summed E-state index contributed by atoms with van der Waals surface area (Å²) in [4.78, 5) is 0. The highest BCUT2D eigenvalue weighted by Crippen LogP contribution is 2.11. The van der Waals surface area contributed by atoms with E-state index in [1.165, 1.54) is 0 Å². The summed E-state index contributed by atoms with van der Waals surface area (Å²) in [6, 6.07) is 0. The Morgan fingerprint density at radius 3 is 1.62 bits per heavy atom. The van der Waals surface area contributed by atoms with Crippen molar-refractivity contribution in [3.8, 4) is 0 Å². The van der Waals surface area contributed by atoms with Crippen LogP contribution in [-0.4, -0.2) is 67.5 Å². The van der Waals surface area contributed by atoms with Crippen molar-refractivity contribution in [1.29, 1.82) is 0 Å². The predicted octanol–water partition coefficient (Wildman–Crippen LogP) is -3.38. The van der Waals surface area contributed by atoms with Crippen molar-refractivity contribution in [2.24, 2.45) is 0 Å². The fraction of sp³-hybridized carbons (Fsp3) is 1.00. The third-order valence-electron chi connectivity index (χ3n) is 1.63. The molecule has 0 rings (SSSR count). The quantitative estimate of drug-likeness (QED) is 0.265. The Labute approximate surface area is 77.7 Å². The van der Waals surface area contributed by atoms with Gasteiger partial charge in [0.1, 0.15) is 24.4 Å². The van der Waals surface area contributed by atoms with Crippen LogP contribution in [0.1, 0.15) is 0 Å². The molecular formula is C6H15O6P. The molecule has 6 atom stereocenters. The Morgan fingerprint density at radius 2 is 1.31 bits per heavy atom. The Kier molecular flexibility index (Phi) is 5.91. The molecule has 6 N–H and O–H groups in total. The lowest BCUT2D eigenvalue weighted by atomic mass is 10.0. The van der Waals surface area contributed by atoms with Crippen molar-refractivity contribution >= 4 is 9.24 Å². The van der Waals surface area contributed by atoms with Crippen LogP contribution in [0.2, 0.25) is 0 Å². The SMILES string of the molecule is OC[C@@H](O)[C@@H](O)[C@@H](O)[C@@H](O)C(O)P. The molecular weight excluding hydrogens is 199 g/mol. The van der Waals surface area contributed by atoms with Crippen molar-refractivity contribution < 1.29 is 30.6 Å². The molecule has 0 aromatic heterocycles. The van der Waals surface area contributed by atoms with E-state index in [1.54, 1.807) is 0 Å². The van der Waals surface area contributed by atoms with E-state index in [0.29, 0.717) is 0 Å². The fourth-order valence-electron chi connectivity index (χ4n) is 0.740. The first-order valence-electron chi connectivity index (χ1n) is 3.68. The summed E-state index contributed by atoms with van der Waals surface area (Å²) in [5, 5.41) is 53.3. The predicted molar refractivity (Wildman–Crippen MR) is 46.8 cm³/mol. The van der Waals surface area contributed by atoms with Crippen LogP contribution >= 0.6 is 9.24 Å². The highest BCUT2D eigenvalue weighted by atomic mass is 31.0. The number of hydrogen-bond acceptors (Lipinski definition) is 6. The molecule has 0 fully saturated rings. The van der Waals surface area contributed by atoms with E-state index in [0.717, 1.165) is 0 Å². The van der Waals surface area contributed by atoms with Gasteiger partial charge in [0.05, 0.1) is 12.5 Å². The Morgan fingerprint density at radius 1 is 0.846 bits per heavy atom. The van der Waals surface area contributed by atoms with Gasteiger partial charge in [0.25, 0.3) is 0 Å². The van der Waals surface area contributed by atoms with Gasteiger partial charge in [0.15, 0.2) is 0 Å². The molecule has 6 nitrogen and oxygen atoms in total. The van der Waals surface area contributed by atoms with E-state index in [-0.39, 0.29) is 0 Å². The van der Waals surface area contributed by atoms with E-state index in [9.17, 15) is 0 Å². The third kappa shape index (κ3) is 3.83. The summed E-state index contributed by atoms with van der Waals surface area (Å²) in [7, 11) is 1.82. The number of rotatable bonds is 5. The Balaban J connectivity index is 4.15. The second-order valence-electron chi connectivity index (χ2n) is 2.71. The fourth-order valence-corrected chi connectivity index (χ4v) is 0.967. The van der Waals surface area contributed by atoms with Crippen LogP contribution in [0, 0.1) is 0 Å². The molecule has 0 aliphatic heterocycles. The zero-order chi connectivity index (χ0) is 10.6. The van der Waals surface area contributed by atoms with Gasteiger partial charge >= 0.3 is 0 Å². The van der Waals surface area contributed by atoms with Gasteiger partial charge in [-0.1, -0.05) is 0 Å². The Hall–Kier alpha value is 0.190. The molecule has 7 heteroatoms. The maximum absolute atomic E-state index is 9.11. The lowest BCUT2D eigenvalue weighted by molar-refractivity contribution is -0.128. The summed E-state index contributed by atoms with van der Waals surface area (Å²) < 4.78 is 0. The van der Waals surface area contributed by atoms with Crippen LogP contribution in [0.5, 0.6) is 0 Å². The molecule has 0 amide bonds. The molecule has 0 saturated heterocycles. The molecule has 0 aliphatic carbocycles. The van der Waals surface area contributed by atoms with Crippen molar-refractivity contribution in [3.63, 3.8) is 0 Å². The van der Waals surface area contributed by atoms with Crippen LogP contribution in [0.4, 0.5) is 0 Å². The van der Waals surface area contributed by atoms with Gasteiger partial charge in [-0.25, -0.2) is 0 Å². The molecule has 80 valence electrons. The van der Waals surface area contributed by atoms with E-state index >= 15 is 0 Å². The molecule has 0 spiro atoms. The van der Waals surface area contributed by atoms with Gasteiger partial charge in [-0.3, -0.25) is 0 Å². The van der Waals surface area contributed by atoms with Crippen LogP contribution in [0.25, 0.3) is 0 Å². The minimum atomic E-state index is -1.71. The Bertz CT molecular complexity index is 143. The minimum absolute atomic E-state index is 0.738. The summed E-state index contributed by atoms with van der Waals surface area (Å²) in [6.45, 7) is -0.738. The summed E-state index contributed by atoms with van der Waals surface area (Å²) in [5.74, 6) is -1.31. The molecule has 0 bridgehead atoms. The average Bonchev–Trinajstić information content (AvgIpc) is 2.12. The van der Waals surface area contributed by atoms with Gasteiger partial charge in [0.2, 0.25) is 0 Å². The highest BCUT2D eigenvalue weighted by molar-refractivity contribution is 7.17. The largest absolute Gasteiger partial charge is 0.394 e. The smallest absolute Gasteiger partial charge is 0.112 e. The van der Waals surface area contributed by atoms with Gasteiger partial charge in [-0.05, 0) is 0 Å². The van der Waals surface area contributed by atoms with Gasteiger partial charge < -0.3 is 30.6 Å². The molecule has 2 unspecified atom stereocenters. The van der Waals surface area contributed by atoms with Gasteiger partial charge in [-0.2, -0.15) is 0 Å². The minimum Gasteiger partial charge on any atom is -0.394 e. The molecule has 0 heterocycles. The van der Waals surface area contributed by atoms with E-state index in [2.05, 4.69) is 0 Å². The standard InChI is InChI=1S/C6H15O6P/c7-1-2(8)3(9)4(10)5(11)6(12)13/h2-12H,1,13H2/t2-,3-,4-,5-,6?/m1/s1. The van der Waals surface area contributed by atoms with Crippen molar-refractivity contribution in [3.05, 3.63) is 0 Å². The highest BCUT2D eigenvalue weighted by Gasteiger charge is 2.32. The molecule has 0 saturated carbocycles. The van der Waals surface area contributed by atoms with Crippen LogP contribution in [0.15, 0.2) is 0 Å². The second kappa shape index (κ2) is 5.82. The van der Waals surface area contributed by atoms with Gasteiger partial charge in [0, 0.05) is 0 Å². The van der Waals surface area contributed by atoms with Gasteiger partial charge in [-0.15, -0.1) is 9.24 Å². The summed E-state index contributed by atoms with van der Waals surface area (Å²) in [6.07, 6.45) is -6.56. The number of aliphatic hydroxyl groups excluding tert-OH is 6. The molecule has 0 aromatic carbocycles. The summed E-state index contributed by atoms with van der Waals surface area (Å²) >= 11 is 0. The zero-order valence-electron chi connectivity index (χ0n) is 6.85. The van der Waals surface area contributed by atoms with E-state index < -0.39 is 36.9 Å². The first kappa shape index (κ1) is 13.2. The molecule has 0 radical (unpaired) electrons. The van der Waals surface area contributed by atoms with Crippen molar-refractivity contribution in [2.45, 2.75) is 30.3 Å². The van der Waals surface area contributed by atoms with Crippen molar-refractivity contribution in [2.75, 3.05) is 6.61 Å². The van der Waals surface area contributed by atoms with Crippen LogP contribution < -0.4 is 0 Å². The van der Waals surface area contributed by atoms with Crippen molar-refractivity contribution in [1.82, 2.24) is 0 Å². The second-order valence-corrected chi connectivity index (χ2v) is 3.40.